The molecule has 160 valence electrons. The Labute approximate surface area is 183 Å². The van der Waals surface area contributed by atoms with Gasteiger partial charge in [-0.25, -0.2) is 0 Å². The highest BCUT2D eigenvalue weighted by atomic mass is 16.3. The third-order valence-corrected chi connectivity index (χ3v) is 6.36. The average molecular weight is 417 g/mol. The van der Waals surface area contributed by atoms with Crippen molar-refractivity contribution in [2.75, 3.05) is 18.9 Å². The highest BCUT2D eigenvalue weighted by Crippen LogP contribution is 2.33. The van der Waals surface area contributed by atoms with Gasteiger partial charge in [-0.2, -0.15) is 5.26 Å². The van der Waals surface area contributed by atoms with Crippen molar-refractivity contribution in [3.05, 3.63) is 76.4 Å². The number of anilines is 1. The Morgan fingerprint density at radius 2 is 2.10 bits per heavy atom. The van der Waals surface area contributed by atoms with Gasteiger partial charge in [-0.15, -0.1) is 0 Å². The Morgan fingerprint density at radius 1 is 1.29 bits per heavy atom. The van der Waals surface area contributed by atoms with E-state index in [4.69, 9.17) is 4.42 Å². The summed E-state index contributed by atoms with van der Waals surface area (Å²) >= 11 is 0. The predicted molar refractivity (Wildman–Crippen MR) is 120 cm³/mol. The predicted octanol–water partition coefficient (Wildman–Crippen LogP) is 4.57. The van der Waals surface area contributed by atoms with E-state index in [9.17, 15) is 10.1 Å². The van der Waals surface area contributed by atoms with Crippen LogP contribution in [-0.4, -0.2) is 29.0 Å². The summed E-state index contributed by atoms with van der Waals surface area (Å²) in [6.45, 7) is 4.59. The maximum Gasteiger partial charge on any atom is 0.239 e. The van der Waals surface area contributed by atoms with Crippen molar-refractivity contribution < 1.29 is 9.21 Å². The molecule has 1 aromatic carbocycles. The minimum atomic E-state index is -0.125. The van der Waals surface area contributed by atoms with E-state index in [0.717, 1.165) is 36.3 Å². The molecular formula is C25H28N4O2. The van der Waals surface area contributed by atoms with Gasteiger partial charge in [-0.1, -0.05) is 24.3 Å². The quantitative estimate of drug-likeness (QED) is 0.639. The number of aryl methyl sites for hydroxylation is 1. The molecule has 2 aromatic heterocycles. The second-order valence-electron chi connectivity index (χ2n) is 8.28. The number of hydrogen-bond donors (Lipinski definition) is 1. The van der Waals surface area contributed by atoms with Gasteiger partial charge in [0.05, 0.1) is 24.9 Å². The molecule has 6 nitrogen and oxygen atoms in total. The van der Waals surface area contributed by atoms with Crippen molar-refractivity contribution in [3.8, 4) is 6.07 Å². The third kappa shape index (κ3) is 4.14. The van der Waals surface area contributed by atoms with E-state index in [1.54, 1.807) is 6.26 Å². The lowest BCUT2D eigenvalue weighted by Crippen LogP contribution is -2.35. The molecule has 0 saturated heterocycles. The molecule has 2 heterocycles. The van der Waals surface area contributed by atoms with Crippen molar-refractivity contribution in [2.24, 2.45) is 0 Å². The summed E-state index contributed by atoms with van der Waals surface area (Å²) in [6.07, 6.45) is 4.88. The molecule has 0 radical (unpaired) electrons. The molecule has 1 N–H and O–H groups in total. The molecule has 1 atom stereocenters. The SMILES string of the molecule is Cc1c(C#N)c(NC(=O)CN(C)[C@@H]2CCCc3ccccc32)n(Cc2ccco2)c1C. The average Bonchev–Trinajstić information content (AvgIpc) is 3.36. The van der Waals surface area contributed by atoms with Gasteiger partial charge >= 0.3 is 0 Å². The molecule has 0 bridgehead atoms. The van der Waals surface area contributed by atoms with Gasteiger partial charge in [0.25, 0.3) is 0 Å². The lowest BCUT2D eigenvalue weighted by atomic mass is 9.87. The lowest BCUT2D eigenvalue weighted by Gasteiger charge is -2.32. The van der Waals surface area contributed by atoms with Crippen LogP contribution in [0.1, 0.15) is 52.6 Å². The minimum Gasteiger partial charge on any atom is -0.467 e. The summed E-state index contributed by atoms with van der Waals surface area (Å²) in [4.78, 5) is 15.1. The van der Waals surface area contributed by atoms with Gasteiger partial charge in [0.1, 0.15) is 17.6 Å². The van der Waals surface area contributed by atoms with E-state index in [0.29, 0.717) is 17.9 Å². The number of likely N-dealkylation sites (N-methyl/N-ethyl adjacent to an activating group) is 1. The maximum atomic E-state index is 13.0. The number of furan rings is 1. The van der Waals surface area contributed by atoms with Crippen LogP contribution in [-0.2, 0) is 17.8 Å². The van der Waals surface area contributed by atoms with E-state index < -0.39 is 0 Å². The number of hydrogen-bond acceptors (Lipinski definition) is 4. The third-order valence-electron chi connectivity index (χ3n) is 6.36. The van der Waals surface area contributed by atoms with E-state index in [-0.39, 0.29) is 18.5 Å². The van der Waals surface area contributed by atoms with Crippen molar-refractivity contribution in [1.82, 2.24) is 9.47 Å². The zero-order valence-corrected chi connectivity index (χ0v) is 18.3. The van der Waals surface area contributed by atoms with E-state index in [1.807, 2.05) is 37.6 Å². The van der Waals surface area contributed by atoms with Gasteiger partial charge in [0.2, 0.25) is 5.91 Å². The van der Waals surface area contributed by atoms with E-state index in [1.165, 1.54) is 11.1 Å². The molecule has 31 heavy (non-hydrogen) atoms. The molecule has 3 aromatic rings. The Kier molecular flexibility index (Phi) is 5.97. The van der Waals surface area contributed by atoms with E-state index in [2.05, 4.69) is 40.6 Å². The Bertz CT molecular complexity index is 1120. The highest BCUT2D eigenvalue weighted by molar-refractivity contribution is 5.93. The van der Waals surface area contributed by atoms with Crippen LogP contribution in [0.15, 0.2) is 47.1 Å². The number of benzene rings is 1. The summed E-state index contributed by atoms with van der Waals surface area (Å²) in [7, 11) is 2.00. The number of nitriles is 1. The number of aromatic nitrogens is 1. The van der Waals surface area contributed by atoms with Crippen LogP contribution in [0, 0.1) is 25.2 Å². The van der Waals surface area contributed by atoms with Crippen LogP contribution in [0.3, 0.4) is 0 Å². The molecule has 1 amide bonds. The first-order valence-electron chi connectivity index (χ1n) is 10.7. The van der Waals surface area contributed by atoms with E-state index >= 15 is 0 Å². The van der Waals surface area contributed by atoms with Crippen LogP contribution in [0.5, 0.6) is 0 Å². The molecular weight excluding hydrogens is 388 g/mol. The number of nitrogens with one attached hydrogen (secondary N) is 1. The molecule has 4 rings (SSSR count). The van der Waals surface area contributed by atoms with Crippen LogP contribution in [0.25, 0.3) is 0 Å². The number of amides is 1. The first kappa shape index (κ1) is 21.0. The molecule has 0 fully saturated rings. The molecule has 1 aliphatic rings. The number of carbonyl (C=O) groups excluding carboxylic acids is 1. The molecule has 0 saturated carbocycles. The Balaban J connectivity index is 1.54. The zero-order chi connectivity index (χ0) is 22.0. The Hall–Kier alpha value is -3.30. The van der Waals surface area contributed by atoms with Crippen LogP contribution < -0.4 is 5.32 Å². The highest BCUT2D eigenvalue weighted by Gasteiger charge is 2.26. The monoisotopic (exact) mass is 416 g/mol. The van der Waals surface area contributed by atoms with Gasteiger partial charge in [0.15, 0.2) is 0 Å². The number of fused-ring (bicyclic) bond motifs is 1. The van der Waals surface area contributed by atoms with Gasteiger partial charge in [0, 0.05) is 11.7 Å². The normalized spacial score (nSPS) is 15.5. The molecule has 0 spiro atoms. The fraction of sp³-hybridized carbons (Fsp3) is 0.360. The van der Waals surface area contributed by atoms with Crippen LogP contribution in [0.4, 0.5) is 5.82 Å². The van der Waals surface area contributed by atoms with Gasteiger partial charge in [-0.3, -0.25) is 9.69 Å². The number of nitrogens with zero attached hydrogens (tertiary/aromatic N) is 3. The Morgan fingerprint density at radius 3 is 2.84 bits per heavy atom. The smallest absolute Gasteiger partial charge is 0.239 e. The van der Waals surface area contributed by atoms with Crippen LogP contribution >= 0.6 is 0 Å². The van der Waals surface area contributed by atoms with Gasteiger partial charge in [-0.05, 0) is 69.0 Å². The summed E-state index contributed by atoms with van der Waals surface area (Å²) in [6, 6.07) is 14.7. The van der Waals surface area contributed by atoms with Crippen molar-refractivity contribution in [3.63, 3.8) is 0 Å². The minimum absolute atomic E-state index is 0.125. The zero-order valence-electron chi connectivity index (χ0n) is 18.3. The molecule has 6 heteroatoms. The first-order valence-corrected chi connectivity index (χ1v) is 10.7. The summed E-state index contributed by atoms with van der Waals surface area (Å²) < 4.78 is 7.43. The molecule has 0 unspecified atom stereocenters. The molecule has 0 aliphatic heterocycles. The molecule has 1 aliphatic carbocycles. The second-order valence-corrected chi connectivity index (χ2v) is 8.28. The largest absolute Gasteiger partial charge is 0.467 e. The number of rotatable bonds is 6. The lowest BCUT2D eigenvalue weighted by molar-refractivity contribution is -0.117. The van der Waals surface area contributed by atoms with Crippen molar-refractivity contribution in [1.29, 1.82) is 5.26 Å². The standard InChI is InChI=1S/C25H28N4O2/c1-17-18(2)29(15-20-10-7-13-31-20)25(22(17)14-26)27-24(30)16-28(3)23-12-6-9-19-8-4-5-11-21(19)23/h4-5,7-8,10-11,13,23H,6,9,12,15-16H2,1-3H3,(H,27,30)/t23-/m1/s1. The fourth-order valence-electron chi connectivity index (χ4n) is 4.58. The maximum absolute atomic E-state index is 13.0. The summed E-state index contributed by atoms with van der Waals surface area (Å²) in [5.41, 5.74) is 5.01. The van der Waals surface area contributed by atoms with Crippen LogP contribution in [0.2, 0.25) is 0 Å². The van der Waals surface area contributed by atoms with Gasteiger partial charge < -0.3 is 14.3 Å². The van der Waals surface area contributed by atoms with Crippen molar-refractivity contribution >= 4 is 11.7 Å². The second kappa shape index (κ2) is 8.83. The number of carbonyl (C=O) groups is 1. The van der Waals surface area contributed by atoms with Crippen molar-refractivity contribution in [2.45, 2.75) is 45.7 Å². The topological polar surface area (TPSA) is 74.2 Å². The fourth-order valence-corrected chi connectivity index (χ4v) is 4.58. The first-order chi connectivity index (χ1) is 15.0. The summed E-state index contributed by atoms with van der Waals surface area (Å²) in [5, 5.41) is 12.7. The summed E-state index contributed by atoms with van der Waals surface area (Å²) in [5.74, 6) is 1.19.